The van der Waals surface area contributed by atoms with Crippen LogP contribution in [0.4, 0.5) is 0 Å². The summed E-state index contributed by atoms with van der Waals surface area (Å²) in [6.45, 7) is 8.98. The van der Waals surface area contributed by atoms with Crippen LogP contribution in [0.15, 0.2) is 12.1 Å². The number of hydrogen-bond acceptors (Lipinski definition) is 1. The third kappa shape index (κ3) is 4.08. The smallest absolute Gasteiger partial charge is 0.122 e. The highest BCUT2D eigenvalue weighted by atomic mass is 35.5. The zero-order valence-electron chi connectivity index (χ0n) is 10.9. The van der Waals surface area contributed by atoms with E-state index in [9.17, 15) is 0 Å². The maximum atomic E-state index is 6.21. The van der Waals surface area contributed by atoms with Crippen molar-refractivity contribution in [2.75, 3.05) is 12.5 Å². The highest BCUT2D eigenvalue weighted by Gasteiger charge is 2.11. The lowest BCUT2D eigenvalue weighted by Crippen LogP contribution is -2.10. The lowest BCUT2D eigenvalue weighted by molar-refractivity contribution is 0.271. The summed E-state index contributed by atoms with van der Waals surface area (Å²) in [6.07, 6.45) is 0. The van der Waals surface area contributed by atoms with E-state index in [0.717, 1.165) is 21.9 Å². The molecular formula is C14H20Cl2O. The Kier molecular flexibility index (Phi) is 5.61. The van der Waals surface area contributed by atoms with Crippen molar-refractivity contribution >= 4 is 23.2 Å². The molecule has 1 aromatic rings. The van der Waals surface area contributed by atoms with Gasteiger partial charge in [0.25, 0.3) is 0 Å². The second-order valence-electron chi connectivity index (χ2n) is 4.86. The van der Waals surface area contributed by atoms with E-state index in [1.54, 1.807) is 0 Å². The predicted molar refractivity (Wildman–Crippen MR) is 75.7 cm³/mol. The fraction of sp³-hybridized carbons (Fsp3) is 0.571. The van der Waals surface area contributed by atoms with Crippen LogP contribution in [0.1, 0.15) is 37.8 Å². The van der Waals surface area contributed by atoms with Gasteiger partial charge in [-0.25, -0.2) is 0 Å². The Hall–Kier alpha value is -0.400. The highest BCUT2D eigenvalue weighted by molar-refractivity contribution is 6.31. The normalized spacial score (nSPS) is 12.9. The first kappa shape index (κ1) is 14.7. The number of aryl methyl sites for hydroxylation is 1. The maximum Gasteiger partial charge on any atom is 0.122 e. The van der Waals surface area contributed by atoms with E-state index in [1.165, 1.54) is 0 Å². The van der Waals surface area contributed by atoms with Crippen LogP contribution in [0, 0.1) is 12.8 Å². The van der Waals surface area contributed by atoms with Crippen molar-refractivity contribution in [3.63, 3.8) is 0 Å². The minimum Gasteiger partial charge on any atom is -0.493 e. The molecule has 1 nitrogen and oxygen atoms in total. The van der Waals surface area contributed by atoms with Crippen LogP contribution in [-0.2, 0) is 0 Å². The van der Waals surface area contributed by atoms with E-state index in [2.05, 4.69) is 20.8 Å². The molecule has 0 bridgehead atoms. The monoisotopic (exact) mass is 274 g/mol. The van der Waals surface area contributed by atoms with Crippen molar-refractivity contribution < 1.29 is 4.74 Å². The molecule has 0 saturated carbocycles. The lowest BCUT2D eigenvalue weighted by Gasteiger charge is -2.16. The standard InChI is InChI=1S/C14H20Cl2O/c1-9(2)12-6-14(11(4)5-13(12)16)17-8-10(3)7-15/h5-6,9-10H,7-8H2,1-4H3. The molecular weight excluding hydrogens is 255 g/mol. The topological polar surface area (TPSA) is 9.23 Å². The molecule has 0 aliphatic carbocycles. The molecule has 0 heterocycles. The number of hydrogen-bond donors (Lipinski definition) is 0. The molecule has 0 N–H and O–H groups in total. The number of halogens is 2. The van der Waals surface area contributed by atoms with E-state index in [0.29, 0.717) is 24.3 Å². The van der Waals surface area contributed by atoms with E-state index >= 15 is 0 Å². The fourth-order valence-electron chi connectivity index (χ4n) is 1.54. The zero-order chi connectivity index (χ0) is 13.0. The minimum absolute atomic E-state index is 0.356. The molecule has 0 aromatic heterocycles. The van der Waals surface area contributed by atoms with Crippen molar-refractivity contribution in [1.29, 1.82) is 0 Å². The van der Waals surface area contributed by atoms with Gasteiger partial charge in [-0.05, 0) is 36.1 Å². The van der Waals surface area contributed by atoms with Gasteiger partial charge in [-0.15, -0.1) is 11.6 Å². The van der Waals surface area contributed by atoms with Gasteiger partial charge in [-0.2, -0.15) is 0 Å². The van der Waals surface area contributed by atoms with Gasteiger partial charge in [0, 0.05) is 16.8 Å². The Bertz CT molecular complexity index is 375. The van der Waals surface area contributed by atoms with Crippen LogP contribution >= 0.6 is 23.2 Å². The molecule has 0 spiro atoms. The lowest BCUT2D eigenvalue weighted by atomic mass is 10.0. The Balaban J connectivity index is 2.88. The highest BCUT2D eigenvalue weighted by Crippen LogP contribution is 2.31. The molecule has 0 radical (unpaired) electrons. The molecule has 3 heteroatoms. The SMILES string of the molecule is Cc1cc(Cl)c(C(C)C)cc1OCC(C)CCl. The van der Waals surface area contributed by atoms with Crippen LogP contribution < -0.4 is 4.74 Å². The molecule has 0 fully saturated rings. The van der Waals surface area contributed by atoms with Gasteiger partial charge in [0.1, 0.15) is 5.75 Å². The van der Waals surface area contributed by atoms with Gasteiger partial charge in [0.05, 0.1) is 6.61 Å². The summed E-state index contributed by atoms with van der Waals surface area (Å²) in [4.78, 5) is 0. The largest absolute Gasteiger partial charge is 0.493 e. The van der Waals surface area contributed by atoms with Crippen LogP contribution in [-0.4, -0.2) is 12.5 Å². The second-order valence-corrected chi connectivity index (χ2v) is 5.58. The van der Waals surface area contributed by atoms with E-state index < -0.39 is 0 Å². The van der Waals surface area contributed by atoms with E-state index in [-0.39, 0.29) is 0 Å². The Morgan fingerprint density at radius 2 is 1.88 bits per heavy atom. The van der Waals surface area contributed by atoms with E-state index in [4.69, 9.17) is 27.9 Å². The van der Waals surface area contributed by atoms with Crippen molar-refractivity contribution in [3.05, 3.63) is 28.3 Å². The summed E-state index contributed by atoms with van der Waals surface area (Å²) in [5.41, 5.74) is 2.20. The van der Waals surface area contributed by atoms with Crippen molar-refractivity contribution in [2.24, 2.45) is 5.92 Å². The first-order valence-corrected chi connectivity index (χ1v) is 6.85. The number of alkyl halides is 1. The summed E-state index contributed by atoms with van der Waals surface area (Å²) < 4.78 is 5.79. The molecule has 1 rings (SSSR count). The Morgan fingerprint density at radius 1 is 1.24 bits per heavy atom. The average Bonchev–Trinajstić information content (AvgIpc) is 2.26. The van der Waals surface area contributed by atoms with Gasteiger partial charge >= 0.3 is 0 Å². The predicted octanol–water partition coefficient (Wildman–Crippen LogP) is 5.03. The average molecular weight is 275 g/mol. The summed E-state index contributed by atoms with van der Waals surface area (Å²) in [6, 6.07) is 4.01. The van der Waals surface area contributed by atoms with Crippen LogP contribution in [0.2, 0.25) is 5.02 Å². The summed E-state index contributed by atoms with van der Waals surface area (Å²) >= 11 is 12.0. The van der Waals surface area contributed by atoms with Gasteiger partial charge in [0.2, 0.25) is 0 Å². The van der Waals surface area contributed by atoms with Gasteiger partial charge in [0.15, 0.2) is 0 Å². The fourth-order valence-corrected chi connectivity index (χ4v) is 2.07. The Morgan fingerprint density at radius 3 is 2.41 bits per heavy atom. The summed E-state index contributed by atoms with van der Waals surface area (Å²) in [5, 5.41) is 0.815. The molecule has 1 unspecified atom stereocenters. The molecule has 96 valence electrons. The van der Waals surface area contributed by atoms with Crippen molar-refractivity contribution in [2.45, 2.75) is 33.6 Å². The van der Waals surface area contributed by atoms with Gasteiger partial charge in [-0.1, -0.05) is 32.4 Å². The quantitative estimate of drug-likeness (QED) is 0.685. The molecule has 0 aliphatic heterocycles. The first-order valence-electron chi connectivity index (χ1n) is 5.94. The Labute approximate surface area is 114 Å². The number of ether oxygens (including phenoxy) is 1. The minimum atomic E-state index is 0.356. The van der Waals surface area contributed by atoms with Crippen LogP contribution in [0.5, 0.6) is 5.75 Å². The molecule has 17 heavy (non-hydrogen) atoms. The molecule has 0 saturated heterocycles. The second kappa shape index (κ2) is 6.51. The summed E-state index contributed by atoms with van der Waals surface area (Å²) in [5.74, 6) is 2.28. The third-order valence-electron chi connectivity index (χ3n) is 2.70. The molecule has 0 aliphatic rings. The maximum absolute atomic E-state index is 6.21. The molecule has 1 atom stereocenters. The van der Waals surface area contributed by atoms with Gasteiger partial charge in [-0.3, -0.25) is 0 Å². The first-order chi connectivity index (χ1) is 7.95. The van der Waals surface area contributed by atoms with Crippen molar-refractivity contribution in [3.8, 4) is 5.75 Å². The van der Waals surface area contributed by atoms with Crippen molar-refractivity contribution in [1.82, 2.24) is 0 Å². The number of benzene rings is 1. The van der Waals surface area contributed by atoms with Gasteiger partial charge < -0.3 is 4.74 Å². The third-order valence-corrected chi connectivity index (χ3v) is 3.56. The van der Waals surface area contributed by atoms with Crippen LogP contribution in [0.3, 0.4) is 0 Å². The summed E-state index contributed by atoms with van der Waals surface area (Å²) in [7, 11) is 0. The van der Waals surface area contributed by atoms with Crippen LogP contribution in [0.25, 0.3) is 0 Å². The zero-order valence-corrected chi connectivity index (χ0v) is 12.4. The van der Waals surface area contributed by atoms with E-state index in [1.807, 2.05) is 19.1 Å². The molecule has 1 aromatic carbocycles. The molecule has 0 amide bonds. The number of rotatable bonds is 5.